The van der Waals surface area contributed by atoms with Crippen molar-refractivity contribution in [2.45, 2.75) is 25.7 Å². The molecule has 1 heteroatoms. The molecule has 0 radical (unpaired) electrons. The number of rotatable bonds is 1. The summed E-state index contributed by atoms with van der Waals surface area (Å²) in [5.41, 5.74) is 6.14. The molecule has 20 heavy (non-hydrogen) atoms. The molecule has 0 N–H and O–H groups in total. The zero-order valence-electron chi connectivity index (χ0n) is 11.8. The number of ether oxygens (including phenoxy) is 1. The highest BCUT2D eigenvalue weighted by molar-refractivity contribution is 5.50. The van der Waals surface area contributed by atoms with Gasteiger partial charge in [0, 0.05) is 5.56 Å². The highest BCUT2D eigenvalue weighted by Gasteiger charge is 2.11. The first-order valence-corrected chi connectivity index (χ1v) is 7.04. The van der Waals surface area contributed by atoms with Crippen LogP contribution in [-0.2, 0) is 25.7 Å². The Bertz CT molecular complexity index is 659. The van der Waals surface area contributed by atoms with E-state index in [-0.39, 0.29) is 0 Å². The second-order valence-electron chi connectivity index (χ2n) is 5.28. The second kappa shape index (κ2) is 5.43. The Morgan fingerprint density at radius 1 is 0.900 bits per heavy atom. The van der Waals surface area contributed by atoms with Gasteiger partial charge in [-0.05, 0) is 60.1 Å². The van der Waals surface area contributed by atoms with Crippen molar-refractivity contribution in [2.24, 2.45) is 0 Å². The van der Waals surface area contributed by atoms with Crippen LogP contribution in [0.2, 0.25) is 0 Å². The van der Waals surface area contributed by atoms with Crippen molar-refractivity contribution < 1.29 is 4.74 Å². The third kappa shape index (κ3) is 2.42. The first-order valence-electron chi connectivity index (χ1n) is 7.04. The summed E-state index contributed by atoms with van der Waals surface area (Å²) >= 11 is 0. The highest BCUT2D eigenvalue weighted by atomic mass is 16.5. The van der Waals surface area contributed by atoms with Gasteiger partial charge in [0.05, 0.1) is 7.11 Å². The summed E-state index contributed by atoms with van der Waals surface area (Å²) in [4.78, 5) is 0. The lowest BCUT2D eigenvalue weighted by Crippen LogP contribution is -2.03. The van der Waals surface area contributed by atoms with Crippen molar-refractivity contribution in [3.8, 4) is 18.1 Å². The molecule has 100 valence electrons. The molecular weight excluding hydrogens is 244 g/mol. The van der Waals surface area contributed by atoms with Gasteiger partial charge in [0.25, 0.3) is 0 Å². The quantitative estimate of drug-likeness (QED) is 0.714. The van der Waals surface area contributed by atoms with Crippen molar-refractivity contribution in [3.63, 3.8) is 0 Å². The Kier molecular flexibility index (Phi) is 3.48. The van der Waals surface area contributed by atoms with E-state index in [1.54, 1.807) is 7.11 Å². The smallest absolute Gasteiger partial charge is 0.122 e. The van der Waals surface area contributed by atoms with E-state index in [0.29, 0.717) is 0 Å². The number of benzene rings is 2. The molecule has 2 aromatic rings. The third-order valence-corrected chi connectivity index (χ3v) is 4.05. The highest BCUT2D eigenvalue weighted by Crippen LogP contribution is 2.27. The number of hydrogen-bond acceptors (Lipinski definition) is 1. The van der Waals surface area contributed by atoms with Gasteiger partial charge < -0.3 is 4.74 Å². The maximum absolute atomic E-state index is 5.67. The van der Waals surface area contributed by atoms with Gasteiger partial charge in [-0.15, -0.1) is 6.42 Å². The molecule has 0 saturated carbocycles. The van der Waals surface area contributed by atoms with Crippen LogP contribution < -0.4 is 4.74 Å². The average molecular weight is 262 g/mol. The zero-order valence-corrected chi connectivity index (χ0v) is 11.8. The zero-order chi connectivity index (χ0) is 13.9. The Hall–Kier alpha value is -2.20. The number of methoxy groups -OCH3 is 1. The molecule has 4 aliphatic carbocycles. The van der Waals surface area contributed by atoms with E-state index in [0.717, 1.165) is 37.0 Å². The summed E-state index contributed by atoms with van der Waals surface area (Å²) in [6.07, 6.45) is 9.61. The molecule has 0 unspecified atom stereocenters. The topological polar surface area (TPSA) is 9.23 Å². The molecule has 4 aliphatic rings. The number of hydrogen-bond donors (Lipinski definition) is 0. The van der Waals surface area contributed by atoms with E-state index >= 15 is 0 Å². The fourth-order valence-electron chi connectivity index (χ4n) is 2.82. The van der Waals surface area contributed by atoms with Crippen molar-refractivity contribution in [3.05, 3.63) is 64.2 Å². The van der Waals surface area contributed by atoms with E-state index in [2.05, 4.69) is 42.3 Å². The summed E-state index contributed by atoms with van der Waals surface area (Å²) < 4.78 is 5.54. The normalized spacial score (nSPS) is 13.4. The van der Waals surface area contributed by atoms with Gasteiger partial charge in [-0.3, -0.25) is 0 Å². The molecule has 0 heterocycles. The van der Waals surface area contributed by atoms with Gasteiger partial charge in [0.15, 0.2) is 0 Å². The molecule has 4 bridgehead atoms. The largest absolute Gasteiger partial charge is 0.496 e. The van der Waals surface area contributed by atoms with Gasteiger partial charge in [0.1, 0.15) is 5.75 Å². The van der Waals surface area contributed by atoms with Gasteiger partial charge in [-0.2, -0.15) is 0 Å². The molecular formula is C19H18O. The fourth-order valence-corrected chi connectivity index (χ4v) is 2.82. The molecule has 0 amide bonds. The fraction of sp³-hybridized carbons (Fsp3) is 0.263. The predicted molar refractivity (Wildman–Crippen MR) is 82.2 cm³/mol. The Balaban J connectivity index is 2.09. The lowest BCUT2D eigenvalue weighted by Gasteiger charge is -2.15. The minimum atomic E-state index is 0.954. The van der Waals surface area contributed by atoms with Gasteiger partial charge in [-0.25, -0.2) is 0 Å². The van der Waals surface area contributed by atoms with E-state index in [4.69, 9.17) is 11.2 Å². The van der Waals surface area contributed by atoms with Crippen LogP contribution in [0.3, 0.4) is 0 Å². The third-order valence-electron chi connectivity index (χ3n) is 4.05. The van der Waals surface area contributed by atoms with Crippen molar-refractivity contribution in [1.29, 1.82) is 0 Å². The monoisotopic (exact) mass is 262 g/mol. The summed E-state index contributed by atoms with van der Waals surface area (Å²) in [6.45, 7) is 0. The molecule has 0 saturated heterocycles. The lowest BCUT2D eigenvalue weighted by molar-refractivity contribution is 0.409. The first kappa shape index (κ1) is 12.8. The second-order valence-corrected chi connectivity index (χ2v) is 5.28. The Morgan fingerprint density at radius 3 is 2.05 bits per heavy atom. The number of terminal acetylenes is 1. The Morgan fingerprint density at radius 2 is 1.50 bits per heavy atom. The first-order chi connectivity index (χ1) is 9.80. The SMILES string of the molecule is C#Cc1cc2c(OC)cc1CCc1ccc(cc1)CC2. The molecule has 6 rings (SSSR count). The van der Waals surface area contributed by atoms with Crippen molar-refractivity contribution in [2.75, 3.05) is 7.11 Å². The predicted octanol–water partition coefficient (Wildman–Crippen LogP) is 3.56. The standard InChI is InChI=1S/C19H18O/c1-3-16-12-18-11-9-15-6-4-14(5-7-15)8-10-17(16)13-19(18)20-2/h1,4-7,12-13H,8-11H2,2H3. The minimum absolute atomic E-state index is 0.954. The average Bonchev–Trinajstić information content (AvgIpc) is 2.49. The molecule has 2 aromatic carbocycles. The van der Waals surface area contributed by atoms with E-state index in [9.17, 15) is 0 Å². The molecule has 0 atom stereocenters. The van der Waals surface area contributed by atoms with Crippen LogP contribution >= 0.6 is 0 Å². The molecule has 0 aromatic heterocycles. The lowest BCUT2D eigenvalue weighted by atomic mass is 9.93. The molecule has 1 nitrogen and oxygen atoms in total. The van der Waals surface area contributed by atoms with E-state index in [1.165, 1.54) is 22.3 Å². The van der Waals surface area contributed by atoms with Crippen LogP contribution in [0, 0.1) is 12.3 Å². The van der Waals surface area contributed by atoms with Crippen LogP contribution in [-0.4, -0.2) is 7.11 Å². The van der Waals surface area contributed by atoms with Gasteiger partial charge in [0.2, 0.25) is 0 Å². The summed E-state index contributed by atoms with van der Waals surface area (Å²) in [5, 5.41) is 0. The molecule has 0 spiro atoms. The van der Waals surface area contributed by atoms with Crippen LogP contribution in [0.15, 0.2) is 36.4 Å². The maximum atomic E-state index is 5.67. The van der Waals surface area contributed by atoms with Crippen LogP contribution in [0.4, 0.5) is 0 Å². The van der Waals surface area contributed by atoms with Crippen molar-refractivity contribution >= 4 is 0 Å². The Labute approximate surface area is 120 Å². The van der Waals surface area contributed by atoms with Crippen LogP contribution in [0.5, 0.6) is 5.75 Å². The summed E-state index contributed by atoms with van der Waals surface area (Å²) in [6, 6.07) is 13.2. The van der Waals surface area contributed by atoms with Crippen LogP contribution in [0.25, 0.3) is 0 Å². The number of aryl methyl sites for hydroxylation is 4. The van der Waals surface area contributed by atoms with Crippen molar-refractivity contribution in [1.82, 2.24) is 0 Å². The van der Waals surface area contributed by atoms with Gasteiger partial charge in [-0.1, -0.05) is 30.2 Å². The van der Waals surface area contributed by atoms with Gasteiger partial charge >= 0.3 is 0 Å². The van der Waals surface area contributed by atoms with E-state index in [1.807, 2.05) is 0 Å². The van der Waals surface area contributed by atoms with E-state index < -0.39 is 0 Å². The molecule has 0 aliphatic heterocycles. The summed E-state index contributed by atoms with van der Waals surface area (Å²) in [5.74, 6) is 3.79. The minimum Gasteiger partial charge on any atom is -0.496 e. The maximum Gasteiger partial charge on any atom is 0.122 e. The molecule has 0 fully saturated rings. The van der Waals surface area contributed by atoms with Crippen LogP contribution in [0.1, 0.15) is 27.8 Å². The summed E-state index contributed by atoms with van der Waals surface area (Å²) in [7, 11) is 1.73.